The minimum Gasteiger partial charge on any atom is -0.497 e. The Morgan fingerprint density at radius 3 is 2.63 bits per heavy atom. The number of nitrogens with one attached hydrogen (secondary N) is 2. The van der Waals surface area contributed by atoms with E-state index in [0.29, 0.717) is 36.6 Å². The molecular formula is C21H33N3O3. The van der Waals surface area contributed by atoms with Gasteiger partial charge in [0.1, 0.15) is 11.5 Å². The Bertz CT molecular complexity index is 627. The zero-order chi connectivity index (χ0) is 20.1. The summed E-state index contributed by atoms with van der Waals surface area (Å²) < 4.78 is 11.5. The van der Waals surface area contributed by atoms with Crippen LogP contribution in [0.15, 0.2) is 59.4 Å². The summed E-state index contributed by atoms with van der Waals surface area (Å²) in [7, 11) is 1.61. The number of rotatable bonds is 10. The van der Waals surface area contributed by atoms with Crippen LogP contribution in [0.5, 0.6) is 0 Å². The first-order valence-electron chi connectivity index (χ1n) is 9.48. The quantitative estimate of drug-likeness (QED) is 0.398. The lowest BCUT2D eigenvalue weighted by Crippen LogP contribution is -2.40. The molecule has 1 aliphatic rings. The van der Waals surface area contributed by atoms with Gasteiger partial charge in [0.25, 0.3) is 0 Å². The Hall–Kier alpha value is -2.47. The van der Waals surface area contributed by atoms with Gasteiger partial charge in [0.2, 0.25) is 0 Å². The van der Waals surface area contributed by atoms with Gasteiger partial charge in [0.15, 0.2) is 5.76 Å². The highest BCUT2D eigenvalue weighted by molar-refractivity contribution is 5.76. The highest BCUT2D eigenvalue weighted by Crippen LogP contribution is 2.22. The van der Waals surface area contributed by atoms with E-state index in [1.165, 1.54) is 0 Å². The minimum absolute atomic E-state index is 0.172. The fourth-order valence-corrected chi connectivity index (χ4v) is 2.50. The highest BCUT2D eigenvalue weighted by Gasteiger charge is 2.13. The van der Waals surface area contributed by atoms with E-state index in [1.807, 2.05) is 43.4 Å². The van der Waals surface area contributed by atoms with Gasteiger partial charge in [-0.25, -0.2) is 4.79 Å². The SMILES string of the molecule is C/C=C(\C/C=C\CN)OC1=C(OC)CC=C(NC(=O)NC(CC)CC)C=C1. The van der Waals surface area contributed by atoms with Gasteiger partial charge in [-0.05, 0) is 38.0 Å². The third-order valence-electron chi connectivity index (χ3n) is 4.21. The summed E-state index contributed by atoms with van der Waals surface area (Å²) in [4.78, 5) is 12.2. The summed E-state index contributed by atoms with van der Waals surface area (Å²) >= 11 is 0. The van der Waals surface area contributed by atoms with Crippen LogP contribution >= 0.6 is 0 Å². The van der Waals surface area contributed by atoms with Crippen LogP contribution < -0.4 is 16.4 Å². The predicted molar refractivity (Wildman–Crippen MR) is 110 cm³/mol. The molecule has 2 amide bonds. The maximum absolute atomic E-state index is 12.2. The van der Waals surface area contributed by atoms with Crippen LogP contribution in [-0.2, 0) is 9.47 Å². The topological polar surface area (TPSA) is 85.6 Å². The Labute approximate surface area is 162 Å². The average Bonchev–Trinajstić information content (AvgIpc) is 2.87. The van der Waals surface area contributed by atoms with Crippen molar-refractivity contribution in [2.24, 2.45) is 5.73 Å². The molecule has 1 rings (SSSR count). The van der Waals surface area contributed by atoms with Gasteiger partial charge in [0.05, 0.1) is 7.11 Å². The van der Waals surface area contributed by atoms with Crippen LogP contribution in [0.1, 0.15) is 46.5 Å². The normalized spacial score (nSPS) is 15.0. The molecule has 0 aromatic rings. The van der Waals surface area contributed by atoms with Crippen molar-refractivity contribution in [2.75, 3.05) is 13.7 Å². The average molecular weight is 376 g/mol. The van der Waals surface area contributed by atoms with E-state index in [4.69, 9.17) is 15.2 Å². The Balaban J connectivity index is 2.77. The molecule has 6 nitrogen and oxygen atoms in total. The van der Waals surface area contributed by atoms with Crippen molar-refractivity contribution in [1.29, 1.82) is 0 Å². The molecule has 0 aromatic carbocycles. The van der Waals surface area contributed by atoms with Gasteiger partial charge in [-0.2, -0.15) is 0 Å². The first-order chi connectivity index (χ1) is 13.1. The summed E-state index contributed by atoms with van der Waals surface area (Å²) in [5, 5.41) is 5.84. The van der Waals surface area contributed by atoms with E-state index in [2.05, 4.69) is 24.5 Å². The van der Waals surface area contributed by atoms with E-state index < -0.39 is 0 Å². The van der Waals surface area contributed by atoms with Crippen LogP contribution in [0.2, 0.25) is 0 Å². The second kappa shape index (κ2) is 12.8. The molecule has 0 aliphatic heterocycles. The van der Waals surface area contributed by atoms with E-state index in [9.17, 15) is 4.79 Å². The largest absolute Gasteiger partial charge is 0.497 e. The van der Waals surface area contributed by atoms with E-state index in [-0.39, 0.29) is 12.1 Å². The minimum atomic E-state index is -0.205. The van der Waals surface area contributed by atoms with Crippen molar-refractivity contribution >= 4 is 6.03 Å². The molecule has 4 N–H and O–H groups in total. The van der Waals surface area contributed by atoms with Gasteiger partial charge < -0.3 is 25.8 Å². The van der Waals surface area contributed by atoms with Crippen LogP contribution in [0.4, 0.5) is 4.79 Å². The lowest BCUT2D eigenvalue weighted by molar-refractivity contribution is 0.230. The van der Waals surface area contributed by atoms with Gasteiger partial charge in [-0.1, -0.05) is 32.1 Å². The molecule has 0 fully saturated rings. The maximum Gasteiger partial charge on any atom is 0.319 e. The smallest absolute Gasteiger partial charge is 0.319 e. The molecule has 0 atom stereocenters. The third-order valence-corrected chi connectivity index (χ3v) is 4.21. The molecule has 0 saturated heterocycles. The third kappa shape index (κ3) is 8.17. The molecule has 27 heavy (non-hydrogen) atoms. The number of nitrogens with two attached hydrogens (primary N) is 1. The second-order valence-electron chi connectivity index (χ2n) is 6.07. The maximum atomic E-state index is 12.2. The lowest BCUT2D eigenvalue weighted by Gasteiger charge is -2.15. The number of urea groups is 1. The van der Waals surface area contributed by atoms with Crippen molar-refractivity contribution in [3.05, 3.63) is 59.4 Å². The van der Waals surface area contributed by atoms with Crippen molar-refractivity contribution in [3.8, 4) is 0 Å². The zero-order valence-corrected chi connectivity index (χ0v) is 16.9. The molecule has 1 aliphatic carbocycles. The predicted octanol–water partition coefficient (Wildman–Crippen LogP) is 4.00. The Morgan fingerprint density at radius 1 is 1.30 bits per heavy atom. The monoisotopic (exact) mass is 375 g/mol. The van der Waals surface area contributed by atoms with Gasteiger partial charge in [-0.15, -0.1) is 0 Å². The second-order valence-corrected chi connectivity index (χ2v) is 6.07. The fourth-order valence-electron chi connectivity index (χ4n) is 2.50. The standard InChI is InChI=1S/C21H33N3O3/c1-5-16(6-2)23-21(25)24-17-11-13-19(26-4)20(14-12-17)27-18(7-3)10-8-9-15-22/h7-9,11-12,14,16H,5-6,10,13,15,22H2,1-4H3,(H2,23,24,25)/b9-8-,18-7+. The first kappa shape index (κ1) is 22.6. The number of carbonyl (C=O) groups is 1. The summed E-state index contributed by atoms with van der Waals surface area (Å²) in [6, 6.07) is -0.0326. The number of amides is 2. The molecule has 0 aromatic heterocycles. The molecule has 6 heteroatoms. The zero-order valence-electron chi connectivity index (χ0n) is 16.9. The van der Waals surface area contributed by atoms with E-state index in [1.54, 1.807) is 7.11 Å². The number of carbonyl (C=O) groups excluding carboxylic acids is 1. The number of hydrogen-bond donors (Lipinski definition) is 3. The Morgan fingerprint density at radius 2 is 2.04 bits per heavy atom. The van der Waals surface area contributed by atoms with Crippen LogP contribution in [0.25, 0.3) is 0 Å². The highest BCUT2D eigenvalue weighted by atomic mass is 16.5. The van der Waals surface area contributed by atoms with Crippen molar-refractivity contribution in [3.63, 3.8) is 0 Å². The molecular weight excluding hydrogens is 342 g/mol. The van der Waals surface area contributed by atoms with Crippen molar-refractivity contribution in [2.45, 2.75) is 52.5 Å². The van der Waals surface area contributed by atoms with Crippen molar-refractivity contribution in [1.82, 2.24) is 10.6 Å². The number of ether oxygens (including phenoxy) is 2. The van der Waals surface area contributed by atoms with Crippen LogP contribution in [0.3, 0.4) is 0 Å². The number of hydrogen-bond acceptors (Lipinski definition) is 4. The van der Waals surface area contributed by atoms with Gasteiger partial charge in [-0.3, -0.25) is 0 Å². The molecule has 0 radical (unpaired) electrons. The first-order valence-corrected chi connectivity index (χ1v) is 9.48. The van der Waals surface area contributed by atoms with Crippen LogP contribution in [-0.4, -0.2) is 25.7 Å². The molecule has 0 saturated carbocycles. The van der Waals surface area contributed by atoms with Crippen LogP contribution in [0, 0.1) is 0 Å². The molecule has 0 unspecified atom stereocenters. The summed E-state index contributed by atoms with van der Waals surface area (Å²) in [6.07, 6.45) is 14.3. The summed E-state index contributed by atoms with van der Waals surface area (Å²) in [5.41, 5.74) is 6.18. The molecule has 0 heterocycles. The summed E-state index contributed by atoms with van der Waals surface area (Å²) in [6.45, 7) is 6.53. The molecule has 150 valence electrons. The molecule has 0 spiro atoms. The Kier molecular flexibility index (Phi) is 10.7. The fraction of sp³-hybridized carbons (Fsp3) is 0.476. The summed E-state index contributed by atoms with van der Waals surface area (Å²) in [5.74, 6) is 2.13. The number of methoxy groups -OCH3 is 1. The van der Waals surface area contributed by atoms with Crippen molar-refractivity contribution < 1.29 is 14.3 Å². The lowest BCUT2D eigenvalue weighted by atomic mass is 10.2. The van der Waals surface area contributed by atoms with E-state index >= 15 is 0 Å². The molecule has 0 bridgehead atoms. The number of allylic oxidation sites excluding steroid dienone is 5. The van der Waals surface area contributed by atoms with Gasteiger partial charge >= 0.3 is 6.03 Å². The van der Waals surface area contributed by atoms with Gasteiger partial charge in [0, 0.05) is 31.1 Å². The van der Waals surface area contributed by atoms with E-state index in [0.717, 1.165) is 18.6 Å².